The van der Waals surface area contributed by atoms with E-state index in [0.717, 1.165) is 32.7 Å². The molecule has 0 aromatic heterocycles. The van der Waals surface area contributed by atoms with Gasteiger partial charge in [-0.1, -0.05) is 29.8 Å². The van der Waals surface area contributed by atoms with E-state index >= 15 is 0 Å². The zero-order valence-corrected chi connectivity index (χ0v) is 17.5. The van der Waals surface area contributed by atoms with Gasteiger partial charge in [0.25, 0.3) is 5.69 Å². The molecule has 0 radical (unpaired) electrons. The highest BCUT2D eigenvalue weighted by Crippen LogP contribution is 2.29. The third-order valence-corrected chi connectivity index (χ3v) is 5.28. The Morgan fingerprint density at radius 2 is 1.87 bits per heavy atom. The summed E-state index contributed by atoms with van der Waals surface area (Å²) in [6.45, 7) is 7.40. The number of nitrogens with one attached hydrogen (secondary N) is 1. The van der Waals surface area contributed by atoms with Crippen LogP contribution in [0.1, 0.15) is 17.5 Å². The number of carbonyl (C=O) groups excluding carboxylic acids is 1. The van der Waals surface area contributed by atoms with Crippen LogP contribution in [0.2, 0.25) is 0 Å². The summed E-state index contributed by atoms with van der Waals surface area (Å²) >= 11 is 0. The fraction of sp³-hybridized carbons (Fsp3) is 0.409. The van der Waals surface area contributed by atoms with Crippen LogP contribution in [0.5, 0.6) is 5.75 Å². The molecule has 1 amide bonds. The molecule has 0 bridgehead atoms. The van der Waals surface area contributed by atoms with Crippen molar-refractivity contribution in [1.82, 2.24) is 9.80 Å². The van der Waals surface area contributed by atoms with Crippen LogP contribution in [-0.2, 0) is 11.3 Å². The molecule has 0 spiro atoms. The molecular weight excluding hydrogens is 384 g/mol. The van der Waals surface area contributed by atoms with Gasteiger partial charge in [-0.05, 0) is 24.6 Å². The van der Waals surface area contributed by atoms with Crippen LogP contribution < -0.4 is 10.1 Å². The first-order valence-corrected chi connectivity index (χ1v) is 10.1. The first-order valence-electron chi connectivity index (χ1n) is 10.1. The zero-order chi connectivity index (χ0) is 21.5. The largest absolute Gasteiger partial charge is 0.496 e. The van der Waals surface area contributed by atoms with Gasteiger partial charge in [0.1, 0.15) is 11.4 Å². The lowest BCUT2D eigenvalue weighted by molar-refractivity contribution is -0.384. The molecule has 1 fully saturated rings. The number of amides is 1. The van der Waals surface area contributed by atoms with Crippen molar-refractivity contribution in [3.05, 3.63) is 63.7 Å². The summed E-state index contributed by atoms with van der Waals surface area (Å²) in [6, 6.07) is 13.0. The van der Waals surface area contributed by atoms with Crippen LogP contribution in [-0.4, -0.2) is 60.5 Å². The number of carbonyl (C=O) groups is 1. The molecule has 2 aromatic rings. The van der Waals surface area contributed by atoms with Crippen molar-refractivity contribution in [3.63, 3.8) is 0 Å². The molecule has 1 saturated heterocycles. The highest BCUT2D eigenvalue weighted by atomic mass is 16.6. The molecule has 30 heavy (non-hydrogen) atoms. The molecule has 0 atom stereocenters. The number of rotatable bonds is 8. The predicted octanol–water partition coefficient (Wildman–Crippen LogP) is 3.06. The van der Waals surface area contributed by atoms with Crippen LogP contribution >= 0.6 is 0 Å². The standard InChI is InChI=1S/C22H28N4O4/c1-17-4-3-5-18(14-17)16-25-12-10-24(11-13-25)9-8-22(27)23-20-7-6-19(30-2)15-21(20)26(28)29/h3-7,14-15H,8-13,16H2,1-2H3,(H,23,27). The number of hydrogen-bond acceptors (Lipinski definition) is 6. The first-order chi connectivity index (χ1) is 14.4. The van der Waals surface area contributed by atoms with Gasteiger partial charge >= 0.3 is 0 Å². The summed E-state index contributed by atoms with van der Waals surface area (Å²) in [5.41, 5.74) is 2.61. The van der Waals surface area contributed by atoms with Crippen molar-refractivity contribution in [3.8, 4) is 5.75 Å². The van der Waals surface area contributed by atoms with E-state index in [2.05, 4.69) is 46.3 Å². The van der Waals surface area contributed by atoms with E-state index < -0.39 is 4.92 Å². The molecule has 0 unspecified atom stereocenters. The lowest BCUT2D eigenvalue weighted by Gasteiger charge is -2.34. The fourth-order valence-electron chi connectivity index (χ4n) is 3.61. The molecular formula is C22H28N4O4. The van der Waals surface area contributed by atoms with Gasteiger partial charge in [-0.15, -0.1) is 0 Å². The Hall–Kier alpha value is -2.97. The van der Waals surface area contributed by atoms with Crippen molar-refractivity contribution in [1.29, 1.82) is 0 Å². The van der Waals surface area contributed by atoms with E-state index in [1.165, 1.54) is 30.4 Å². The van der Waals surface area contributed by atoms with Gasteiger partial charge in [0.05, 0.1) is 18.1 Å². The minimum atomic E-state index is -0.522. The number of ether oxygens (including phenoxy) is 1. The Balaban J connectivity index is 1.44. The molecule has 3 rings (SSSR count). The maximum atomic E-state index is 12.3. The number of nitro groups is 1. The molecule has 1 aliphatic heterocycles. The van der Waals surface area contributed by atoms with E-state index in [1.54, 1.807) is 6.07 Å². The Morgan fingerprint density at radius 1 is 1.13 bits per heavy atom. The number of anilines is 1. The second-order valence-corrected chi connectivity index (χ2v) is 7.55. The van der Waals surface area contributed by atoms with Crippen LogP contribution in [0.4, 0.5) is 11.4 Å². The Morgan fingerprint density at radius 3 is 2.53 bits per heavy atom. The maximum absolute atomic E-state index is 12.3. The van der Waals surface area contributed by atoms with Crippen LogP contribution in [0, 0.1) is 17.0 Å². The maximum Gasteiger partial charge on any atom is 0.296 e. The third kappa shape index (κ3) is 6.01. The number of aryl methyl sites for hydroxylation is 1. The van der Waals surface area contributed by atoms with Gasteiger partial charge in [-0.25, -0.2) is 0 Å². The molecule has 1 heterocycles. The first kappa shape index (κ1) is 21.7. The van der Waals surface area contributed by atoms with Gasteiger partial charge in [-0.3, -0.25) is 19.8 Å². The number of hydrogen-bond donors (Lipinski definition) is 1. The van der Waals surface area contributed by atoms with Gasteiger partial charge in [0.15, 0.2) is 0 Å². The molecule has 0 aliphatic carbocycles. The predicted molar refractivity (Wildman–Crippen MR) is 116 cm³/mol. The number of benzene rings is 2. The lowest BCUT2D eigenvalue weighted by atomic mass is 10.1. The normalized spacial score (nSPS) is 15.0. The Bertz CT molecular complexity index is 894. The zero-order valence-electron chi connectivity index (χ0n) is 17.5. The summed E-state index contributed by atoms with van der Waals surface area (Å²) in [7, 11) is 1.44. The Labute approximate surface area is 176 Å². The lowest BCUT2D eigenvalue weighted by Crippen LogP contribution is -2.46. The van der Waals surface area contributed by atoms with Gasteiger partial charge in [0.2, 0.25) is 5.91 Å². The van der Waals surface area contributed by atoms with Crippen molar-refractivity contribution in [2.24, 2.45) is 0 Å². The average molecular weight is 412 g/mol. The van der Waals surface area contributed by atoms with Crippen LogP contribution in [0.15, 0.2) is 42.5 Å². The molecule has 2 aromatic carbocycles. The van der Waals surface area contributed by atoms with Crippen molar-refractivity contribution in [2.45, 2.75) is 19.9 Å². The van der Waals surface area contributed by atoms with Gasteiger partial charge in [0, 0.05) is 45.7 Å². The van der Waals surface area contributed by atoms with Gasteiger partial charge in [-0.2, -0.15) is 0 Å². The summed E-state index contributed by atoms with van der Waals surface area (Å²) in [6.07, 6.45) is 0.293. The highest BCUT2D eigenvalue weighted by Gasteiger charge is 2.20. The molecule has 1 aliphatic rings. The van der Waals surface area contributed by atoms with Crippen LogP contribution in [0.3, 0.4) is 0 Å². The quantitative estimate of drug-likeness (QED) is 0.530. The summed E-state index contributed by atoms with van der Waals surface area (Å²) in [4.78, 5) is 27.7. The van der Waals surface area contributed by atoms with E-state index in [-0.39, 0.29) is 17.3 Å². The average Bonchev–Trinajstić information content (AvgIpc) is 2.73. The van der Waals surface area contributed by atoms with E-state index in [9.17, 15) is 14.9 Å². The molecule has 1 N–H and O–H groups in total. The number of piperazine rings is 1. The summed E-state index contributed by atoms with van der Waals surface area (Å²) < 4.78 is 5.02. The summed E-state index contributed by atoms with van der Waals surface area (Å²) in [5.74, 6) is 0.147. The van der Waals surface area contributed by atoms with Crippen molar-refractivity contribution < 1.29 is 14.5 Å². The minimum absolute atomic E-state index is 0.174. The molecule has 8 nitrogen and oxygen atoms in total. The van der Waals surface area contributed by atoms with E-state index in [0.29, 0.717) is 18.7 Å². The van der Waals surface area contributed by atoms with E-state index in [4.69, 9.17) is 4.74 Å². The number of nitro benzene ring substituents is 1. The van der Waals surface area contributed by atoms with Crippen LogP contribution in [0.25, 0.3) is 0 Å². The second kappa shape index (κ2) is 10.2. The van der Waals surface area contributed by atoms with E-state index in [1.807, 2.05) is 0 Å². The monoisotopic (exact) mass is 412 g/mol. The third-order valence-electron chi connectivity index (χ3n) is 5.28. The summed E-state index contributed by atoms with van der Waals surface area (Å²) in [5, 5.41) is 13.9. The Kier molecular flexibility index (Phi) is 7.37. The molecule has 160 valence electrons. The molecule has 8 heteroatoms. The van der Waals surface area contributed by atoms with Crippen molar-refractivity contribution >= 4 is 17.3 Å². The highest BCUT2D eigenvalue weighted by molar-refractivity contribution is 5.93. The number of methoxy groups -OCH3 is 1. The topological polar surface area (TPSA) is 88.0 Å². The molecule has 0 saturated carbocycles. The van der Waals surface area contributed by atoms with Crippen molar-refractivity contribution in [2.75, 3.05) is 45.2 Å². The SMILES string of the molecule is COc1ccc(NC(=O)CCN2CCN(Cc3cccc(C)c3)CC2)c([N+](=O)[O-])c1. The smallest absolute Gasteiger partial charge is 0.296 e. The fourth-order valence-corrected chi connectivity index (χ4v) is 3.61. The van der Waals surface area contributed by atoms with Gasteiger partial charge < -0.3 is 15.0 Å². The second-order valence-electron chi connectivity index (χ2n) is 7.55. The minimum Gasteiger partial charge on any atom is -0.496 e. The number of nitrogens with zero attached hydrogens (tertiary/aromatic N) is 3.